The number of methoxy groups -OCH3 is 1. The second-order valence-corrected chi connectivity index (χ2v) is 8.48. The Kier molecular flexibility index (Phi) is 6.28. The molecule has 0 bridgehead atoms. The zero-order chi connectivity index (χ0) is 21.1. The van der Waals surface area contributed by atoms with E-state index in [1.165, 1.54) is 6.42 Å². The molecule has 0 spiro atoms. The molecule has 1 saturated heterocycles. The van der Waals surface area contributed by atoms with Crippen molar-refractivity contribution in [2.45, 2.75) is 50.7 Å². The number of ether oxygens (including phenoxy) is 1. The molecule has 30 heavy (non-hydrogen) atoms. The molecule has 6 heteroatoms. The van der Waals surface area contributed by atoms with E-state index in [-0.39, 0.29) is 24.4 Å². The Morgan fingerprint density at radius 3 is 2.40 bits per heavy atom. The van der Waals surface area contributed by atoms with E-state index in [0.717, 1.165) is 36.8 Å². The van der Waals surface area contributed by atoms with E-state index >= 15 is 0 Å². The third-order valence-corrected chi connectivity index (χ3v) is 6.44. The summed E-state index contributed by atoms with van der Waals surface area (Å²) in [6.45, 7) is 0.461. The summed E-state index contributed by atoms with van der Waals surface area (Å²) >= 11 is 6.08. The summed E-state index contributed by atoms with van der Waals surface area (Å²) < 4.78 is 5.47. The third-order valence-electron chi connectivity index (χ3n) is 6.19. The first kappa shape index (κ1) is 20.7. The quantitative estimate of drug-likeness (QED) is 0.702. The lowest BCUT2D eigenvalue weighted by molar-refractivity contribution is -0.160. The maximum atomic E-state index is 13.7. The van der Waals surface area contributed by atoms with Gasteiger partial charge in [-0.1, -0.05) is 61.2 Å². The van der Waals surface area contributed by atoms with Crippen molar-refractivity contribution < 1.29 is 14.3 Å². The molecule has 2 aromatic rings. The number of para-hydroxylation sites is 1. The molecule has 2 aliphatic rings. The number of benzene rings is 2. The van der Waals surface area contributed by atoms with Gasteiger partial charge in [-0.3, -0.25) is 9.59 Å². The Bertz CT molecular complexity index is 909. The van der Waals surface area contributed by atoms with Crippen molar-refractivity contribution in [1.29, 1.82) is 0 Å². The second-order valence-electron chi connectivity index (χ2n) is 8.05. The fourth-order valence-corrected chi connectivity index (χ4v) is 4.74. The summed E-state index contributed by atoms with van der Waals surface area (Å²) in [4.78, 5) is 30.5. The molecule has 1 atom stereocenters. The molecule has 1 aliphatic carbocycles. The fraction of sp³-hybridized carbons (Fsp3) is 0.417. The van der Waals surface area contributed by atoms with Crippen LogP contribution in [0, 0.1) is 0 Å². The molecule has 1 heterocycles. The highest BCUT2D eigenvalue weighted by molar-refractivity contribution is 6.30. The lowest BCUT2D eigenvalue weighted by Gasteiger charge is -2.44. The number of piperazine rings is 1. The molecule has 1 unspecified atom stereocenters. The van der Waals surface area contributed by atoms with Crippen molar-refractivity contribution in [3.8, 4) is 5.75 Å². The average Bonchev–Trinajstić information content (AvgIpc) is 2.78. The molecular formula is C24H27ClN2O3. The van der Waals surface area contributed by atoms with Crippen LogP contribution < -0.4 is 4.74 Å². The summed E-state index contributed by atoms with van der Waals surface area (Å²) in [6, 6.07) is 14.3. The van der Waals surface area contributed by atoms with E-state index < -0.39 is 6.04 Å². The minimum absolute atomic E-state index is 0.00118. The van der Waals surface area contributed by atoms with Gasteiger partial charge in [-0.2, -0.15) is 0 Å². The first-order chi connectivity index (χ1) is 14.6. The Hall–Kier alpha value is -2.53. The van der Waals surface area contributed by atoms with Crippen LogP contribution in [0.1, 0.15) is 49.3 Å². The molecule has 0 aromatic heterocycles. The summed E-state index contributed by atoms with van der Waals surface area (Å²) in [5.41, 5.74) is 1.67. The van der Waals surface area contributed by atoms with Gasteiger partial charge in [0.2, 0.25) is 5.91 Å². The number of hydrogen-bond donors (Lipinski definition) is 0. The zero-order valence-corrected chi connectivity index (χ0v) is 18.0. The molecule has 2 fully saturated rings. The molecule has 1 aliphatic heterocycles. The first-order valence-corrected chi connectivity index (χ1v) is 10.9. The van der Waals surface area contributed by atoms with Crippen LogP contribution in [0.2, 0.25) is 5.02 Å². The summed E-state index contributed by atoms with van der Waals surface area (Å²) in [5, 5.41) is 0.605. The molecule has 4 rings (SSSR count). The molecule has 2 aromatic carbocycles. The molecule has 5 nitrogen and oxygen atoms in total. The van der Waals surface area contributed by atoms with E-state index in [1.807, 2.05) is 41.3 Å². The second kappa shape index (κ2) is 9.09. The van der Waals surface area contributed by atoms with Gasteiger partial charge >= 0.3 is 0 Å². The predicted molar refractivity (Wildman–Crippen MR) is 116 cm³/mol. The van der Waals surface area contributed by atoms with Gasteiger partial charge in [0.1, 0.15) is 18.3 Å². The van der Waals surface area contributed by atoms with Gasteiger partial charge in [0, 0.05) is 16.6 Å². The van der Waals surface area contributed by atoms with Crippen LogP contribution in [-0.4, -0.2) is 41.3 Å². The smallest absolute Gasteiger partial charge is 0.250 e. The number of amides is 2. The zero-order valence-electron chi connectivity index (χ0n) is 17.2. The van der Waals surface area contributed by atoms with Crippen LogP contribution in [0.15, 0.2) is 48.5 Å². The number of carbonyl (C=O) groups excluding carboxylic acids is 2. The van der Waals surface area contributed by atoms with E-state index in [1.54, 1.807) is 24.1 Å². The van der Waals surface area contributed by atoms with Crippen molar-refractivity contribution >= 4 is 23.4 Å². The standard InChI is InChI=1S/C24H27ClN2O3/c1-30-21-10-6-5-7-18(21)15-27-22(28)16-26(20-8-3-2-4-9-20)24(29)23(27)17-11-13-19(25)14-12-17/h5-7,10-14,20,23H,2-4,8-9,15-16H2,1H3. The maximum Gasteiger partial charge on any atom is 0.250 e. The third kappa shape index (κ3) is 4.17. The van der Waals surface area contributed by atoms with Crippen LogP contribution in [0.25, 0.3) is 0 Å². The van der Waals surface area contributed by atoms with E-state index in [0.29, 0.717) is 17.3 Å². The highest BCUT2D eigenvalue weighted by atomic mass is 35.5. The van der Waals surface area contributed by atoms with Crippen molar-refractivity contribution in [1.82, 2.24) is 9.80 Å². The SMILES string of the molecule is COc1ccccc1CN1C(=O)CN(C2CCCCC2)C(=O)C1c1ccc(Cl)cc1. The number of rotatable bonds is 5. The van der Waals surface area contributed by atoms with Crippen molar-refractivity contribution in [2.24, 2.45) is 0 Å². The number of hydrogen-bond acceptors (Lipinski definition) is 3. The lowest BCUT2D eigenvalue weighted by atomic mass is 9.91. The van der Waals surface area contributed by atoms with Gasteiger partial charge in [-0.15, -0.1) is 0 Å². The fourth-order valence-electron chi connectivity index (χ4n) is 4.61. The topological polar surface area (TPSA) is 49.9 Å². The Morgan fingerprint density at radius 1 is 1.00 bits per heavy atom. The number of carbonyl (C=O) groups is 2. The summed E-state index contributed by atoms with van der Waals surface area (Å²) in [5.74, 6) is 0.673. The van der Waals surface area contributed by atoms with Gasteiger partial charge in [0.05, 0.1) is 13.7 Å². The van der Waals surface area contributed by atoms with Crippen LogP contribution in [0.3, 0.4) is 0 Å². The summed E-state index contributed by atoms with van der Waals surface area (Å²) in [6.07, 6.45) is 5.36. The average molecular weight is 427 g/mol. The molecule has 0 radical (unpaired) electrons. The molecule has 2 amide bonds. The van der Waals surface area contributed by atoms with Crippen LogP contribution >= 0.6 is 11.6 Å². The molecule has 1 saturated carbocycles. The Morgan fingerprint density at radius 2 is 1.70 bits per heavy atom. The first-order valence-electron chi connectivity index (χ1n) is 10.6. The minimum Gasteiger partial charge on any atom is -0.496 e. The number of nitrogens with zero attached hydrogens (tertiary/aromatic N) is 2. The Balaban J connectivity index is 1.69. The largest absolute Gasteiger partial charge is 0.496 e. The van der Waals surface area contributed by atoms with Gasteiger partial charge in [-0.25, -0.2) is 0 Å². The van der Waals surface area contributed by atoms with Gasteiger partial charge < -0.3 is 14.5 Å². The highest BCUT2D eigenvalue weighted by Crippen LogP contribution is 2.34. The predicted octanol–water partition coefficient (Wildman–Crippen LogP) is 4.59. The van der Waals surface area contributed by atoms with Gasteiger partial charge in [0.15, 0.2) is 0 Å². The maximum absolute atomic E-state index is 13.7. The normalized spacial score (nSPS) is 20.5. The van der Waals surface area contributed by atoms with Crippen LogP contribution in [0.5, 0.6) is 5.75 Å². The van der Waals surface area contributed by atoms with Crippen LogP contribution in [0.4, 0.5) is 0 Å². The van der Waals surface area contributed by atoms with Crippen molar-refractivity contribution in [3.05, 3.63) is 64.7 Å². The molecular weight excluding hydrogens is 400 g/mol. The monoisotopic (exact) mass is 426 g/mol. The minimum atomic E-state index is -0.657. The van der Waals surface area contributed by atoms with E-state index in [4.69, 9.17) is 16.3 Å². The molecule has 0 N–H and O–H groups in total. The highest BCUT2D eigenvalue weighted by Gasteiger charge is 2.43. The van der Waals surface area contributed by atoms with E-state index in [2.05, 4.69) is 0 Å². The van der Waals surface area contributed by atoms with Gasteiger partial charge in [-0.05, 0) is 36.6 Å². The van der Waals surface area contributed by atoms with Crippen LogP contribution in [-0.2, 0) is 16.1 Å². The van der Waals surface area contributed by atoms with Crippen molar-refractivity contribution in [3.63, 3.8) is 0 Å². The number of halogens is 1. The lowest BCUT2D eigenvalue weighted by Crippen LogP contribution is -2.58. The molecule has 158 valence electrons. The Labute approximate surface area is 182 Å². The van der Waals surface area contributed by atoms with Crippen molar-refractivity contribution in [2.75, 3.05) is 13.7 Å². The summed E-state index contributed by atoms with van der Waals surface area (Å²) in [7, 11) is 1.61. The van der Waals surface area contributed by atoms with E-state index in [9.17, 15) is 9.59 Å². The van der Waals surface area contributed by atoms with Gasteiger partial charge in [0.25, 0.3) is 5.91 Å².